The van der Waals surface area contributed by atoms with Crippen LogP contribution >= 0.6 is 0 Å². The largest absolute Gasteiger partial charge is 0.316 e. The summed E-state index contributed by atoms with van der Waals surface area (Å²) >= 11 is 0. The third-order valence-corrected chi connectivity index (χ3v) is 2.69. The van der Waals surface area contributed by atoms with Gasteiger partial charge in [-0.15, -0.1) is 0 Å². The van der Waals surface area contributed by atoms with Crippen molar-refractivity contribution in [3.8, 4) is 11.4 Å². The highest BCUT2D eigenvalue weighted by Crippen LogP contribution is 2.18. The fourth-order valence-corrected chi connectivity index (χ4v) is 1.81. The summed E-state index contributed by atoms with van der Waals surface area (Å²) in [7, 11) is 1.78. The molecule has 3 rings (SSSR count). The average molecular weight is 243 g/mol. The zero-order valence-corrected chi connectivity index (χ0v) is 9.47. The quantitative estimate of drug-likeness (QED) is 0.588. The second kappa shape index (κ2) is 3.66. The number of benzene rings is 1. The molecule has 2 N–H and O–H groups in total. The van der Waals surface area contributed by atoms with Gasteiger partial charge >= 0.3 is 11.1 Å². The maximum Gasteiger partial charge on any atom is 0.314 e. The van der Waals surface area contributed by atoms with Gasteiger partial charge in [-0.25, -0.2) is 9.67 Å². The van der Waals surface area contributed by atoms with Crippen LogP contribution in [0.1, 0.15) is 0 Å². The molecule has 7 nitrogen and oxygen atoms in total. The van der Waals surface area contributed by atoms with Crippen LogP contribution in [-0.2, 0) is 7.05 Å². The van der Waals surface area contributed by atoms with Crippen LogP contribution in [0.4, 0.5) is 0 Å². The van der Waals surface area contributed by atoms with E-state index >= 15 is 0 Å². The molecule has 0 bridgehead atoms. The Kier molecular flexibility index (Phi) is 2.12. The third kappa shape index (κ3) is 1.53. The molecule has 0 fully saturated rings. The zero-order valence-electron chi connectivity index (χ0n) is 9.47. The Morgan fingerprint density at radius 3 is 2.50 bits per heavy atom. The molecule has 18 heavy (non-hydrogen) atoms. The predicted octanol–water partition coefficient (Wildman–Crippen LogP) is 0.0119. The molecule has 0 aliphatic carbocycles. The lowest BCUT2D eigenvalue weighted by atomic mass is 10.2. The minimum absolute atomic E-state index is 0.556. The Morgan fingerprint density at radius 1 is 1.11 bits per heavy atom. The summed E-state index contributed by atoms with van der Waals surface area (Å²) in [6.45, 7) is 0. The highest BCUT2D eigenvalue weighted by molar-refractivity contribution is 5.79. The molecule has 0 spiro atoms. The van der Waals surface area contributed by atoms with Gasteiger partial charge < -0.3 is 9.97 Å². The van der Waals surface area contributed by atoms with Gasteiger partial charge in [0.25, 0.3) is 0 Å². The first kappa shape index (κ1) is 10.5. The van der Waals surface area contributed by atoms with Gasteiger partial charge in [-0.3, -0.25) is 9.59 Å². The summed E-state index contributed by atoms with van der Waals surface area (Å²) in [5, 5.41) is 3.98. The number of H-pyrrole nitrogens is 2. The van der Waals surface area contributed by atoms with Gasteiger partial charge in [0.2, 0.25) is 0 Å². The molecule has 2 aromatic heterocycles. The van der Waals surface area contributed by atoms with Crippen molar-refractivity contribution >= 4 is 11.0 Å². The smallest absolute Gasteiger partial charge is 0.314 e. The third-order valence-electron chi connectivity index (χ3n) is 2.69. The van der Waals surface area contributed by atoms with Crippen LogP contribution in [0.25, 0.3) is 22.4 Å². The first-order chi connectivity index (χ1) is 8.65. The number of nitrogens with zero attached hydrogens (tertiary/aromatic N) is 3. The van der Waals surface area contributed by atoms with Gasteiger partial charge in [-0.05, 0) is 18.2 Å². The Bertz CT molecular complexity index is 842. The van der Waals surface area contributed by atoms with Gasteiger partial charge in [-0.1, -0.05) is 0 Å². The van der Waals surface area contributed by atoms with E-state index in [0.29, 0.717) is 16.9 Å². The summed E-state index contributed by atoms with van der Waals surface area (Å²) in [6, 6.07) is 5.27. The van der Waals surface area contributed by atoms with Crippen LogP contribution in [-0.4, -0.2) is 24.7 Å². The number of aromatic amines is 2. The number of hydrogen-bond donors (Lipinski definition) is 2. The molecule has 0 aliphatic rings. The summed E-state index contributed by atoms with van der Waals surface area (Å²) in [6.07, 6.45) is 1.45. The maximum absolute atomic E-state index is 11.3. The fraction of sp³-hybridized carbons (Fsp3) is 0.0909. The Morgan fingerprint density at radius 2 is 1.83 bits per heavy atom. The monoisotopic (exact) mass is 243 g/mol. The second-order valence-corrected chi connectivity index (χ2v) is 3.88. The van der Waals surface area contributed by atoms with Crippen molar-refractivity contribution in [1.29, 1.82) is 0 Å². The second-order valence-electron chi connectivity index (χ2n) is 3.88. The fourth-order valence-electron chi connectivity index (χ4n) is 1.81. The molecule has 1 aromatic carbocycles. The minimum atomic E-state index is -0.669. The first-order valence-electron chi connectivity index (χ1n) is 5.26. The number of nitrogens with one attached hydrogen (secondary N) is 2. The van der Waals surface area contributed by atoms with Crippen LogP contribution in [0.15, 0.2) is 34.1 Å². The topological polar surface area (TPSA) is 96.4 Å². The van der Waals surface area contributed by atoms with E-state index in [1.165, 1.54) is 6.33 Å². The van der Waals surface area contributed by atoms with E-state index in [1.54, 1.807) is 29.9 Å². The summed E-state index contributed by atoms with van der Waals surface area (Å²) in [5.74, 6) is 0.684. The minimum Gasteiger partial charge on any atom is -0.316 e. The van der Waals surface area contributed by atoms with E-state index in [2.05, 4.69) is 20.1 Å². The lowest BCUT2D eigenvalue weighted by molar-refractivity contribution is 0.774. The van der Waals surface area contributed by atoms with Crippen molar-refractivity contribution in [1.82, 2.24) is 24.7 Å². The van der Waals surface area contributed by atoms with Crippen LogP contribution in [0.3, 0.4) is 0 Å². The van der Waals surface area contributed by atoms with E-state index in [9.17, 15) is 9.59 Å². The van der Waals surface area contributed by atoms with Gasteiger partial charge in [0, 0.05) is 12.6 Å². The van der Waals surface area contributed by atoms with Crippen LogP contribution in [0, 0.1) is 0 Å². The maximum atomic E-state index is 11.3. The number of rotatable bonds is 1. The molecule has 0 atom stereocenters. The normalized spacial score (nSPS) is 10.9. The highest BCUT2D eigenvalue weighted by Gasteiger charge is 2.06. The van der Waals surface area contributed by atoms with Gasteiger partial charge in [-0.2, -0.15) is 5.10 Å². The van der Waals surface area contributed by atoms with E-state index in [-0.39, 0.29) is 0 Å². The Hall–Kier alpha value is -2.70. The van der Waals surface area contributed by atoms with Crippen LogP contribution in [0.2, 0.25) is 0 Å². The molecule has 0 radical (unpaired) electrons. The van der Waals surface area contributed by atoms with E-state index in [1.807, 2.05) is 0 Å². The van der Waals surface area contributed by atoms with E-state index in [0.717, 1.165) is 5.56 Å². The molecule has 0 saturated carbocycles. The first-order valence-corrected chi connectivity index (χ1v) is 5.26. The Labute approximate surface area is 100 Å². The van der Waals surface area contributed by atoms with Crippen molar-refractivity contribution in [2.75, 3.05) is 0 Å². The van der Waals surface area contributed by atoms with Crippen molar-refractivity contribution < 1.29 is 0 Å². The summed E-state index contributed by atoms with van der Waals surface area (Å²) in [4.78, 5) is 31.6. The lowest BCUT2D eigenvalue weighted by Gasteiger charge is -2.02. The molecule has 2 heterocycles. The lowest BCUT2D eigenvalue weighted by Crippen LogP contribution is -2.28. The van der Waals surface area contributed by atoms with E-state index < -0.39 is 11.1 Å². The number of aromatic nitrogens is 5. The molecule has 0 saturated heterocycles. The molecule has 3 aromatic rings. The van der Waals surface area contributed by atoms with E-state index in [4.69, 9.17) is 0 Å². The molecule has 0 aliphatic heterocycles. The van der Waals surface area contributed by atoms with Crippen molar-refractivity contribution in [2.45, 2.75) is 0 Å². The molecule has 0 amide bonds. The van der Waals surface area contributed by atoms with Crippen molar-refractivity contribution in [2.24, 2.45) is 7.05 Å². The molecular formula is C11H9N5O2. The van der Waals surface area contributed by atoms with Crippen molar-refractivity contribution in [3.63, 3.8) is 0 Å². The molecule has 90 valence electrons. The molecular weight excluding hydrogens is 234 g/mol. The van der Waals surface area contributed by atoms with Gasteiger partial charge in [0.15, 0.2) is 5.82 Å². The molecule has 7 heteroatoms. The van der Waals surface area contributed by atoms with Crippen LogP contribution in [0.5, 0.6) is 0 Å². The summed E-state index contributed by atoms with van der Waals surface area (Å²) in [5.41, 5.74) is 0.613. The molecule has 0 unspecified atom stereocenters. The SMILES string of the molecule is Cn1ncnc1-c1ccc2[nH]c(=O)c(=O)[nH]c2c1. The standard InChI is InChI=1S/C11H9N5O2/c1-16-9(12-5-13-16)6-2-3-7-8(4-6)15-11(18)10(17)14-7/h2-5H,1H3,(H,14,17)(H,15,18). The Balaban J connectivity index is 2.29. The average Bonchev–Trinajstić information content (AvgIpc) is 2.76. The number of aryl methyl sites for hydroxylation is 1. The predicted molar refractivity (Wildman–Crippen MR) is 65.2 cm³/mol. The number of fused-ring (bicyclic) bond motifs is 1. The van der Waals surface area contributed by atoms with Crippen molar-refractivity contribution in [3.05, 3.63) is 45.2 Å². The highest BCUT2D eigenvalue weighted by atomic mass is 16.2. The summed E-state index contributed by atoms with van der Waals surface area (Å²) < 4.78 is 1.63. The zero-order chi connectivity index (χ0) is 12.7. The van der Waals surface area contributed by atoms with Crippen LogP contribution < -0.4 is 11.1 Å². The van der Waals surface area contributed by atoms with Gasteiger partial charge in [0.1, 0.15) is 6.33 Å². The number of hydrogen-bond acceptors (Lipinski definition) is 4. The van der Waals surface area contributed by atoms with Gasteiger partial charge in [0.05, 0.1) is 11.0 Å².